The maximum Gasteiger partial charge on any atom is 0.255 e. The summed E-state index contributed by atoms with van der Waals surface area (Å²) in [6.45, 7) is 6.12. The lowest BCUT2D eigenvalue weighted by Gasteiger charge is -2.19. The van der Waals surface area contributed by atoms with E-state index in [0.717, 1.165) is 36.0 Å². The Morgan fingerprint density at radius 3 is 1.76 bits per heavy atom. The van der Waals surface area contributed by atoms with Crippen LogP contribution < -0.4 is 0 Å². The molecule has 0 saturated heterocycles. The minimum absolute atomic E-state index is 0.794. The maximum atomic E-state index is 12.9. The summed E-state index contributed by atoms with van der Waals surface area (Å²) < 4.78 is 25.8. The van der Waals surface area contributed by atoms with Gasteiger partial charge >= 0.3 is 0 Å². The highest BCUT2D eigenvalue weighted by molar-refractivity contribution is 9.09. The zero-order valence-electron chi connectivity index (χ0n) is 10.6. The molecule has 0 aliphatic carbocycles. The van der Waals surface area contributed by atoms with Crippen molar-refractivity contribution in [2.75, 3.05) is 0 Å². The highest BCUT2D eigenvalue weighted by Gasteiger charge is 2.24. The van der Waals surface area contributed by atoms with Gasteiger partial charge in [0.05, 0.1) is 0 Å². The van der Waals surface area contributed by atoms with E-state index in [-0.39, 0.29) is 0 Å². The molecule has 1 atom stereocenters. The topological polar surface area (TPSA) is 0 Å². The number of hydrogen-bond acceptors (Lipinski definition) is 0. The minimum atomic E-state index is -2.36. The molecule has 1 rings (SSSR count). The lowest BCUT2D eigenvalue weighted by Crippen LogP contribution is -2.09. The fraction of sp³-hybridized carbons (Fsp3) is 0.571. The lowest BCUT2D eigenvalue weighted by molar-refractivity contribution is 0.147. The zero-order valence-corrected chi connectivity index (χ0v) is 12.2. The number of hydrogen-bond donors (Lipinski definition) is 0. The summed E-state index contributed by atoms with van der Waals surface area (Å²) in [5.41, 5.74) is 4.12. The second-order valence-electron chi connectivity index (χ2n) is 4.12. The molecular formula is C14H19BrF2. The molecule has 0 N–H and O–H groups in total. The maximum absolute atomic E-state index is 12.9. The standard InChI is InChI=1S/C14H19BrF2/c1-4-9-7-10(5-2)12(11(6-3)8-9)13(15)14(16)17/h7-8,13-14H,4-6H2,1-3H3. The van der Waals surface area contributed by atoms with Crippen LogP contribution in [0.1, 0.15) is 47.9 Å². The normalized spacial score (nSPS) is 13.1. The van der Waals surface area contributed by atoms with E-state index in [1.165, 1.54) is 5.56 Å². The van der Waals surface area contributed by atoms with Gasteiger partial charge in [-0.05, 0) is 41.5 Å². The SMILES string of the molecule is CCc1cc(CC)c(C(Br)C(F)F)c(CC)c1. The third-order valence-corrected chi connectivity index (χ3v) is 3.94. The molecule has 0 fully saturated rings. The second kappa shape index (κ2) is 6.48. The summed E-state index contributed by atoms with van der Waals surface area (Å²) in [6.07, 6.45) is 0.177. The summed E-state index contributed by atoms with van der Waals surface area (Å²) in [4.78, 5) is -0.849. The van der Waals surface area contributed by atoms with Crippen molar-refractivity contribution in [3.05, 3.63) is 34.4 Å². The Bertz CT molecular complexity index is 349. The predicted octanol–water partition coefficient (Wildman–Crippen LogP) is 5.07. The fourth-order valence-electron chi connectivity index (χ4n) is 2.12. The van der Waals surface area contributed by atoms with Crippen LogP contribution >= 0.6 is 15.9 Å². The Kier molecular flexibility index (Phi) is 5.57. The predicted molar refractivity (Wildman–Crippen MR) is 72.2 cm³/mol. The summed E-state index contributed by atoms with van der Waals surface area (Å²) >= 11 is 3.13. The van der Waals surface area contributed by atoms with Gasteiger partial charge in [0.2, 0.25) is 0 Å². The van der Waals surface area contributed by atoms with E-state index >= 15 is 0 Å². The van der Waals surface area contributed by atoms with E-state index in [0.29, 0.717) is 0 Å². The molecule has 1 unspecified atom stereocenters. The van der Waals surface area contributed by atoms with Gasteiger partial charge < -0.3 is 0 Å². The van der Waals surface area contributed by atoms with Crippen LogP contribution in [0, 0.1) is 0 Å². The van der Waals surface area contributed by atoms with E-state index in [4.69, 9.17) is 0 Å². The molecule has 0 saturated carbocycles. The number of aryl methyl sites for hydroxylation is 3. The Morgan fingerprint density at radius 2 is 1.47 bits per heavy atom. The van der Waals surface area contributed by atoms with Crippen molar-refractivity contribution in [1.29, 1.82) is 0 Å². The van der Waals surface area contributed by atoms with Crippen LogP contribution in [-0.2, 0) is 19.3 Å². The van der Waals surface area contributed by atoms with Crippen LogP contribution in [0.25, 0.3) is 0 Å². The molecule has 0 aliphatic rings. The van der Waals surface area contributed by atoms with Crippen LogP contribution in [0.15, 0.2) is 12.1 Å². The second-order valence-corrected chi connectivity index (χ2v) is 5.11. The summed E-state index contributed by atoms with van der Waals surface area (Å²) in [5, 5.41) is 0. The van der Waals surface area contributed by atoms with Crippen LogP contribution in [0.4, 0.5) is 8.78 Å². The Labute approximate surface area is 111 Å². The molecule has 17 heavy (non-hydrogen) atoms. The van der Waals surface area contributed by atoms with E-state index in [1.807, 2.05) is 13.8 Å². The fourth-order valence-corrected chi connectivity index (χ4v) is 2.71. The third-order valence-electron chi connectivity index (χ3n) is 3.08. The zero-order chi connectivity index (χ0) is 13.0. The molecule has 0 aromatic heterocycles. The average molecular weight is 305 g/mol. The molecule has 0 amide bonds. The molecule has 0 heterocycles. The highest BCUT2D eigenvalue weighted by atomic mass is 79.9. The number of benzene rings is 1. The average Bonchev–Trinajstić information content (AvgIpc) is 2.35. The van der Waals surface area contributed by atoms with E-state index < -0.39 is 11.3 Å². The minimum Gasteiger partial charge on any atom is -0.209 e. The van der Waals surface area contributed by atoms with Gasteiger partial charge in [-0.3, -0.25) is 0 Å². The smallest absolute Gasteiger partial charge is 0.209 e. The van der Waals surface area contributed by atoms with Crippen LogP contribution in [-0.4, -0.2) is 6.43 Å². The summed E-state index contributed by atoms with van der Waals surface area (Å²) in [5.74, 6) is 0. The third kappa shape index (κ3) is 3.27. The molecule has 0 aliphatic heterocycles. The van der Waals surface area contributed by atoms with Crippen LogP contribution in [0.3, 0.4) is 0 Å². The molecule has 3 heteroatoms. The first-order valence-corrected chi connectivity index (χ1v) is 7.03. The number of halogens is 3. The van der Waals surface area contributed by atoms with Gasteiger partial charge in [-0.15, -0.1) is 0 Å². The van der Waals surface area contributed by atoms with Crippen LogP contribution in [0.5, 0.6) is 0 Å². The molecule has 0 spiro atoms. The van der Waals surface area contributed by atoms with Gasteiger partial charge in [-0.2, -0.15) is 0 Å². The first-order chi connectivity index (χ1) is 8.04. The highest BCUT2D eigenvalue weighted by Crippen LogP contribution is 2.35. The van der Waals surface area contributed by atoms with E-state index in [9.17, 15) is 8.78 Å². The van der Waals surface area contributed by atoms with Crippen molar-refractivity contribution in [2.45, 2.75) is 51.3 Å². The summed E-state index contributed by atoms with van der Waals surface area (Å²) in [6, 6.07) is 4.12. The number of alkyl halides is 3. The lowest BCUT2D eigenvalue weighted by atomic mass is 9.92. The molecule has 1 aromatic carbocycles. The Hall–Kier alpha value is -0.440. The van der Waals surface area contributed by atoms with E-state index in [1.54, 1.807) is 0 Å². The van der Waals surface area contributed by atoms with E-state index in [2.05, 4.69) is 35.0 Å². The largest absolute Gasteiger partial charge is 0.255 e. The van der Waals surface area contributed by atoms with Gasteiger partial charge in [-0.25, -0.2) is 8.78 Å². The Balaban J connectivity index is 3.34. The molecule has 1 aromatic rings. The summed E-state index contributed by atoms with van der Waals surface area (Å²) in [7, 11) is 0. The van der Waals surface area contributed by atoms with Crippen molar-refractivity contribution < 1.29 is 8.78 Å². The van der Waals surface area contributed by atoms with Gasteiger partial charge in [0.15, 0.2) is 0 Å². The van der Waals surface area contributed by atoms with Crippen molar-refractivity contribution in [3.63, 3.8) is 0 Å². The number of rotatable bonds is 5. The van der Waals surface area contributed by atoms with Gasteiger partial charge in [0, 0.05) is 0 Å². The monoisotopic (exact) mass is 304 g/mol. The molecular weight excluding hydrogens is 286 g/mol. The van der Waals surface area contributed by atoms with Crippen molar-refractivity contribution in [3.8, 4) is 0 Å². The molecule has 96 valence electrons. The molecule has 0 radical (unpaired) electrons. The van der Waals surface area contributed by atoms with Crippen molar-refractivity contribution >= 4 is 15.9 Å². The quantitative estimate of drug-likeness (QED) is 0.666. The molecule has 0 nitrogen and oxygen atoms in total. The van der Waals surface area contributed by atoms with Gasteiger partial charge in [-0.1, -0.05) is 48.8 Å². The van der Waals surface area contributed by atoms with Crippen molar-refractivity contribution in [1.82, 2.24) is 0 Å². The first-order valence-electron chi connectivity index (χ1n) is 6.11. The Morgan fingerprint density at radius 1 is 1.00 bits per heavy atom. The van der Waals surface area contributed by atoms with Gasteiger partial charge in [0.25, 0.3) is 6.43 Å². The van der Waals surface area contributed by atoms with Crippen molar-refractivity contribution in [2.24, 2.45) is 0 Å². The first kappa shape index (κ1) is 14.6. The van der Waals surface area contributed by atoms with Crippen LogP contribution in [0.2, 0.25) is 0 Å². The van der Waals surface area contributed by atoms with Gasteiger partial charge in [0.1, 0.15) is 4.83 Å². The molecule has 0 bridgehead atoms.